The number of nitrogens with one attached hydrogen (secondary N) is 1. The Balaban J connectivity index is 2.15. The Labute approximate surface area is 97.8 Å². The number of rotatable bonds is 0. The molecular weight excluding hydrogens is 230 g/mol. The third-order valence-electron chi connectivity index (χ3n) is 2.90. The molecule has 1 aromatic rings. The Hall–Kier alpha value is -0.580. The maximum absolute atomic E-state index is 6.40. The van der Waals surface area contributed by atoms with E-state index in [-0.39, 0.29) is 5.50 Å². The molecule has 0 saturated carbocycles. The molecule has 2 aliphatic rings. The normalized spacial score (nSPS) is 23.9. The Bertz CT molecular complexity index is 427. The minimum absolute atomic E-state index is 0.0457. The number of fused-ring (bicyclic) bond motifs is 3. The van der Waals surface area contributed by atoms with E-state index in [2.05, 4.69) is 10.3 Å². The fourth-order valence-corrected chi connectivity index (χ4v) is 3.63. The first-order valence-electron chi connectivity index (χ1n) is 5.02. The predicted molar refractivity (Wildman–Crippen MR) is 64.2 cm³/mol. The zero-order chi connectivity index (χ0) is 10.4. The summed E-state index contributed by atoms with van der Waals surface area (Å²) in [6.45, 7) is 2.02. The topological polar surface area (TPSA) is 27.6 Å². The second-order valence-corrected chi connectivity index (χ2v) is 5.39. The molecule has 15 heavy (non-hydrogen) atoms. The van der Waals surface area contributed by atoms with Crippen LogP contribution in [0.4, 0.5) is 5.00 Å². The Kier molecular flexibility index (Phi) is 2.23. The van der Waals surface area contributed by atoms with Gasteiger partial charge >= 0.3 is 0 Å². The van der Waals surface area contributed by atoms with Gasteiger partial charge in [0, 0.05) is 24.0 Å². The van der Waals surface area contributed by atoms with Crippen LogP contribution in [-0.4, -0.2) is 24.8 Å². The van der Waals surface area contributed by atoms with Gasteiger partial charge in [0.25, 0.3) is 0 Å². The highest BCUT2D eigenvalue weighted by Gasteiger charge is 2.28. The molecule has 1 aromatic heterocycles. The van der Waals surface area contributed by atoms with Crippen LogP contribution in [0, 0.1) is 0 Å². The lowest BCUT2D eigenvalue weighted by atomic mass is 10.0. The molecule has 3 rings (SSSR count). The van der Waals surface area contributed by atoms with Gasteiger partial charge in [0.15, 0.2) is 0 Å². The van der Waals surface area contributed by atoms with E-state index in [9.17, 15) is 0 Å². The molecule has 0 radical (unpaired) electrons. The number of hydrogen-bond donors (Lipinski definition) is 1. The first-order valence-corrected chi connectivity index (χ1v) is 6.28. The third-order valence-corrected chi connectivity index (χ3v) is 4.58. The van der Waals surface area contributed by atoms with Crippen LogP contribution in [0.2, 0.25) is 0 Å². The molecule has 1 unspecified atom stereocenters. The van der Waals surface area contributed by atoms with Gasteiger partial charge < -0.3 is 10.2 Å². The number of aliphatic imine (C=N–C) groups is 1. The number of hydrogen-bond acceptors (Lipinski definition) is 4. The van der Waals surface area contributed by atoms with Crippen molar-refractivity contribution in [2.45, 2.75) is 18.5 Å². The summed E-state index contributed by atoms with van der Waals surface area (Å²) in [7, 11) is 1.97. The average molecular weight is 242 g/mol. The lowest BCUT2D eigenvalue weighted by molar-refractivity contribution is 0.484. The van der Waals surface area contributed by atoms with E-state index in [0.717, 1.165) is 24.5 Å². The van der Waals surface area contributed by atoms with E-state index in [1.54, 1.807) is 11.3 Å². The van der Waals surface area contributed by atoms with Crippen LogP contribution >= 0.6 is 22.9 Å². The molecule has 0 bridgehead atoms. The van der Waals surface area contributed by atoms with Crippen LogP contribution < -0.4 is 5.32 Å². The van der Waals surface area contributed by atoms with Crippen LogP contribution in [0.25, 0.3) is 0 Å². The first-order chi connectivity index (χ1) is 7.27. The molecule has 5 heteroatoms. The maximum Gasteiger partial charge on any atom is 0.133 e. The summed E-state index contributed by atoms with van der Waals surface area (Å²) in [5, 5.41) is 4.48. The van der Waals surface area contributed by atoms with Crippen molar-refractivity contribution in [3.8, 4) is 0 Å². The van der Waals surface area contributed by atoms with Crippen molar-refractivity contribution < 1.29 is 0 Å². The van der Waals surface area contributed by atoms with Crippen LogP contribution in [0.5, 0.6) is 0 Å². The SMILES string of the molecule is CN1C=Nc2sc3c(c2C1Cl)CCNC3. The summed E-state index contributed by atoms with van der Waals surface area (Å²) in [5.41, 5.74) is 2.62. The molecular formula is C10H12ClN3S. The van der Waals surface area contributed by atoms with Gasteiger partial charge in [-0.3, -0.25) is 0 Å². The highest BCUT2D eigenvalue weighted by atomic mass is 35.5. The van der Waals surface area contributed by atoms with Crippen LogP contribution in [0.3, 0.4) is 0 Å². The highest BCUT2D eigenvalue weighted by Crippen LogP contribution is 2.45. The molecule has 0 spiro atoms. The summed E-state index contributed by atoms with van der Waals surface area (Å²) in [4.78, 5) is 7.80. The van der Waals surface area contributed by atoms with Gasteiger partial charge in [-0.1, -0.05) is 11.6 Å². The van der Waals surface area contributed by atoms with Gasteiger partial charge in [-0.2, -0.15) is 0 Å². The molecule has 2 aliphatic heterocycles. The fourth-order valence-electron chi connectivity index (χ4n) is 2.09. The molecule has 80 valence electrons. The fraction of sp³-hybridized carbons (Fsp3) is 0.500. The summed E-state index contributed by atoms with van der Waals surface area (Å²) >= 11 is 8.17. The summed E-state index contributed by atoms with van der Waals surface area (Å²) in [5.74, 6) is 0. The van der Waals surface area contributed by atoms with Gasteiger partial charge in [-0.15, -0.1) is 11.3 Å². The number of halogens is 1. The zero-order valence-electron chi connectivity index (χ0n) is 8.46. The number of alkyl halides is 1. The first kappa shape index (κ1) is 9.63. The lowest BCUT2D eigenvalue weighted by Crippen LogP contribution is -2.25. The second kappa shape index (κ2) is 3.47. The minimum atomic E-state index is -0.0457. The van der Waals surface area contributed by atoms with Crippen LogP contribution in [-0.2, 0) is 13.0 Å². The quantitative estimate of drug-likeness (QED) is 0.557. The van der Waals surface area contributed by atoms with Crippen LogP contribution in [0.1, 0.15) is 21.5 Å². The van der Waals surface area contributed by atoms with Crippen molar-refractivity contribution in [3.63, 3.8) is 0 Å². The Morgan fingerprint density at radius 3 is 3.40 bits per heavy atom. The smallest absolute Gasteiger partial charge is 0.133 e. The summed E-state index contributed by atoms with van der Waals surface area (Å²) in [6.07, 6.45) is 2.89. The maximum atomic E-state index is 6.40. The third kappa shape index (κ3) is 1.40. The van der Waals surface area contributed by atoms with Crippen molar-refractivity contribution >= 4 is 34.3 Å². The van der Waals surface area contributed by atoms with Crippen molar-refractivity contribution in [1.82, 2.24) is 10.2 Å². The monoisotopic (exact) mass is 241 g/mol. The molecule has 3 heterocycles. The predicted octanol–water partition coefficient (Wildman–Crippen LogP) is 2.24. The Morgan fingerprint density at radius 1 is 1.67 bits per heavy atom. The lowest BCUT2D eigenvalue weighted by Gasteiger charge is -2.25. The van der Waals surface area contributed by atoms with Gasteiger partial charge in [-0.25, -0.2) is 4.99 Å². The highest BCUT2D eigenvalue weighted by molar-refractivity contribution is 7.16. The number of nitrogens with zero attached hydrogens (tertiary/aromatic N) is 2. The van der Waals surface area contributed by atoms with E-state index < -0.39 is 0 Å². The molecule has 0 aromatic carbocycles. The largest absolute Gasteiger partial charge is 0.345 e. The van der Waals surface area contributed by atoms with E-state index in [4.69, 9.17) is 11.6 Å². The molecule has 0 aliphatic carbocycles. The van der Waals surface area contributed by atoms with Gasteiger partial charge in [0.05, 0.1) is 6.34 Å². The van der Waals surface area contributed by atoms with Gasteiger partial charge in [-0.05, 0) is 18.5 Å². The second-order valence-electron chi connectivity index (χ2n) is 3.90. The van der Waals surface area contributed by atoms with E-state index in [0.29, 0.717) is 0 Å². The molecule has 3 nitrogen and oxygen atoms in total. The molecule has 0 saturated heterocycles. The van der Waals surface area contributed by atoms with E-state index in [1.807, 2.05) is 18.3 Å². The molecule has 0 fully saturated rings. The summed E-state index contributed by atoms with van der Waals surface area (Å²) in [6, 6.07) is 0. The van der Waals surface area contributed by atoms with E-state index in [1.165, 1.54) is 16.0 Å². The minimum Gasteiger partial charge on any atom is -0.345 e. The summed E-state index contributed by atoms with van der Waals surface area (Å²) < 4.78 is 0. The van der Waals surface area contributed by atoms with Crippen molar-refractivity contribution in [2.24, 2.45) is 4.99 Å². The molecule has 1 N–H and O–H groups in total. The van der Waals surface area contributed by atoms with Gasteiger partial charge in [0.2, 0.25) is 0 Å². The van der Waals surface area contributed by atoms with Crippen molar-refractivity contribution in [2.75, 3.05) is 13.6 Å². The van der Waals surface area contributed by atoms with Crippen molar-refractivity contribution in [1.29, 1.82) is 0 Å². The molecule has 0 amide bonds. The zero-order valence-corrected chi connectivity index (χ0v) is 10.0. The average Bonchev–Trinajstić information content (AvgIpc) is 2.62. The standard InChI is InChI=1S/C10H12ClN3S/c1-14-5-13-10-8(9(14)11)6-2-3-12-4-7(6)15-10/h5,9,12H,2-4H2,1H3. The van der Waals surface area contributed by atoms with E-state index >= 15 is 0 Å². The number of thiophene rings is 1. The Morgan fingerprint density at radius 2 is 2.53 bits per heavy atom. The van der Waals surface area contributed by atoms with Crippen molar-refractivity contribution in [3.05, 3.63) is 16.0 Å². The van der Waals surface area contributed by atoms with Crippen LogP contribution in [0.15, 0.2) is 4.99 Å². The molecule has 1 atom stereocenters. The van der Waals surface area contributed by atoms with Gasteiger partial charge in [0.1, 0.15) is 10.5 Å².